The second-order valence-electron chi connectivity index (χ2n) is 4.87. The van der Waals surface area contributed by atoms with Gasteiger partial charge in [0.15, 0.2) is 0 Å². The fraction of sp³-hybridized carbons (Fsp3) is 0.200. The summed E-state index contributed by atoms with van der Waals surface area (Å²) in [6, 6.07) is 4.38. The molecule has 2 aromatic rings. The Morgan fingerprint density at radius 3 is 2.33 bits per heavy atom. The molecule has 126 valence electrons. The summed E-state index contributed by atoms with van der Waals surface area (Å²) >= 11 is 11.8. The molecule has 0 unspecified atom stereocenters. The van der Waals surface area contributed by atoms with Crippen LogP contribution in [-0.4, -0.2) is 31.9 Å². The Morgan fingerprint density at radius 1 is 1.17 bits per heavy atom. The van der Waals surface area contributed by atoms with Crippen LogP contribution in [-0.2, 0) is 6.42 Å². The number of aromatic carboxylic acids is 2. The second kappa shape index (κ2) is 7.02. The van der Waals surface area contributed by atoms with Crippen molar-refractivity contribution in [3.63, 3.8) is 0 Å². The lowest BCUT2D eigenvalue weighted by Gasteiger charge is -2.15. The van der Waals surface area contributed by atoms with Gasteiger partial charge in [-0.1, -0.05) is 36.5 Å². The number of carboxylic acids is 2. The molecule has 1 aromatic heterocycles. The van der Waals surface area contributed by atoms with Crippen LogP contribution in [0.2, 0.25) is 10.0 Å². The molecule has 0 bridgehead atoms. The van der Waals surface area contributed by atoms with E-state index in [1.54, 1.807) is 6.92 Å². The van der Waals surface area contributed by atoms with Gasteiger partial charge in [0.1, 0.15) is 5.56 Å². The van der Waals surface area contributed by atoms with Gasteiger partial charge in [-0.15, -0.1) is 0 Å². The molecule has 0 amide bonds. The Bertz CT molecular complexity index is 892. The van der Waals surface area contributed by atoms with Crippen LogP contribution in [0.4, 0.5) is 0 Å². The summed E-state index contributed by atoms with van der Waals surface area (Å²) in [6.07, 6.45) is 0.735. The summed E-state index contributed by atoms with van der Waals surface area (Å²) in [4.78, 5) is 34.9. The smallest absolute Gasteiger partial charge is 0.360 e. The third kappa shape index (κ3) is 3.27. The highest BCUT2D eigenvalue weighted by Crippen LogP contribution is 2.25. The average molecular weight is 371 g/mol. The molecule has 1 aromatic carbocycles. The zero-order chi connectivity index (χ0) is 18.0. The first-order valence-electron chi connectivity index (χ1n) is 6.86. The summed E-state index contributed by atoms with van der Waals surface area (Å²) in [6.45, 7) is 1.79. The number of benzene rings is 1. The Kier molecular flexibility index (Phi) is 5.26. The molecule has 7 nitrogen and oxygen atoms in total. The monoisotopic (exact) mass is 370 g/mol. The fourth-order valence-electron chi connectivity index (χ4n) is 2.22. The maximum absolute atomic E-state index is 12.2. The number of carboxylic acid groups (broad SMARTS) is 2. The van der Waals surface area contributed by atoms with Crippen LogP contribution < -0.4 is 5.43 Å². The number of aromatic nitrogens is 2. The van der Waals surface area contributed by atoms with E-state index in [9.17, 15) is 19.5 Å². The molecule has 0 fully saturated rings. The van der Waals surface area contributed by atoms with Crippen molar-refractivity contribution >= 4 is 35.1 Å². The van der Waals surface area contributed by atoms with Gasteiger partial charge < -0.3 is 10.2 Å². The number of hydrogen-bond donors (Lipinski definition) is 2. The lowest BCUT2D eigenvalue weighted by atomic mass is 10.1. The Morgan fingerprint density at radius 2 is 1.83 bits per heavy atom. The summed E-state index contributed by atoms with van der Waals surface area (Å²) in [5, 5.41) is 22.8. The number of hydrogen-bond acceptors (Lipinski definition) is 4. The highest BCUT2D eigenvalue weighted by atomic mass is 35.5. The van der Waals surface area contributed by atoms with Gasteiger partial charge in [-0.25, -0.2) is 14.3 Å². The SMILES string of the molecule is CCCc1c(C(=O)O)c(=O)c(C(=O)O)nn1-c1ccc(Cl)c(Cl)c1. The molecule has 2 N–H and O–H groups in total. The van der Waals surface area contributed by atoms with Gasteiger partial charge in [-0.3, -0.25) is 4.79 Å². The van der Waals surface area contributed by atoms with Crippen molar-refractivity contribution in [3.8, 4) is 5.69 Å². The second-order valence-corrected chi connectivity index (χ2v) is 5.68. The van der Waals surface area contributed by atoms with E-state index in [0.717, 1.165) is 4.68 Å². The molecule has 1 heterocycles. The predicted molar refractivity (Wildman–Crippen MR) is 87.8 cm³/mol. The van der Waals surface area contributed by atoms with E-state index in [4.69, 9.17) is 28.3 Å². The van der Waals surface area contributed by atoms with E-state index in [1.165, 1.54) is 18.2 Å². The van der Waals surface area contributed by atoms with Crippen molar-refractivity contribution < 1.29 is 19.8 Å². The highest BCUT2D eigenvalue weighted by molar-refractivity contribution is 6.42. The van der Waals surface area contributed by atoms with Crippen LogP contribution >= 0.6 is 23.2 Å². The van der Waals surface area contributed by atoms with Gasteiger partial charge in [-0.2, -0.15) is 5.10 Å². The first-order chi connectivity index (χ1) is 11.3. The molecular weight excluding hydrogens is 359 g/mol. The van der Waals surface area contributed by atoms with Crippen molar-refractivity contribution in [1.29, 1.82) is 0 Å². The molecule has 2 rings (SSSR count). The third-order valence-electron chi connectivity index (χ3n) is 3.24. The van der Waals surface area contributed by atoms with Crippen molar-refractivity contribution in [3.05, 3.63) is 55.4 Å². The molecule has 0 radical (unpaired) electrons. The average Bonchev–Trinajstić information content (AvgIpc) is 2.50. The first-order valence-corrected chi connectivity index (χ1v) is 7.61. The molecule has 0 saturated heterocycles. The summed E-state index contributed by atoms with van der Waals surface area (Å²) in [5.41, 5.74) is -2.22. The van der Waals surface area contributed by atoms with Gasteiger partial charge in [0.25, 0.3) is 0 Å². The first kappa shape index (κ1) is 18.0. The van der Waals surface area contributed by atoms with Crippen LogP contribution in [0.25, 0.3) is 5.69 Å². The fourth-order valence-corrected chi connectivity index (χ4v) is 2.51. The number of carbonyl (C=O) groups is 2. The molecule has 0 spiro atoms. The molecule has 24 heavy (non-hydrogen) atoms. The minimum absolute atomic E-state index is 0.0957. The van der Waals surface area contributed by atoms with E-state index >= 15 is 0 Å². The summed E-state index contributed by atoms with van der Waals surface area (Å²) in [7, 11) is 0. The standard InChI is InChI=1S/C15H12Cl2N2O5/c1-2-3-10-11(14(21)22)13(20)12(15(23)24)18-19(10)7-4-5-8(16)9(17)6-7/h4-6H,2-3H2,1H3,(H,21,22)(H,23,24). The number of nitrogens with zero attached hydrogens (tertiary/aromatic N) is 2. The van der Waals surface area contributed by atoms with E-state index in [1.807, 2.05) is 0 Å². The van der Waals surface area contributed by atoms with Crippen molar-refractivity contribution in [2.24, 2.45) is 0 Å². The predicted octanol–water partition coefficient (Wildman–Crippen LogP) is 2.89. The lowest BCUT2D eigenvalue weighted by molar-refractivity contribution is 0.0685. The third-order valence-corrected chi connectivity index (χ3v) is 3.98. The van der Waals surface area contributed by atoms with E-state index < -0.39 is 28.6 Å². The van der Waals surface area contributed by atoms with Gasteiger partial charge >= 0.3 is 11.9 Å². The molecular formula is C15H12Cl2N2O5. The van der Waals surface area contributed by atoms with Crippen molar-refractivity contribution in [2.75, 3.05) is 0 Å². The van der Waals surface area contributed by atoms with Crippen LogP contribution in [0.5, 0.6) is 0 Å². The molecule has 0 atom stereocenters. The van der Waals surface area contributed by atoms with Gasteiger partial charge in [-0.05, 0) is 24.6 Å². The number of halogens is 2. The normalized spacial score (nSPS) is 10.6. The van der Waals surface area contributed by atoms with Crippen LogP contribution in [0.1, 0.15) is 39.9 Å². The van der Waals surface area contributed by atoms with Gasteiger partial charge in [0, 0.05) is 0 Å². The molecule has 0 aliphatic carbocycles. The maximum atomic E-state index is 12.2. The molecule has 0 saturated carbocycles. The van der Waals surface area contributed by atoms with E-state index in [2.05, 4.69) is 5.10 Å². The Hall–Kier alpha value is -2.38. The van der Waals surface area contributed by atoms with Crippen LogP contribution in [0.15, 0.2) is 23.0 Å². The van der Waals surface area contributed by atoms with Gasteiger partial charge in [0.05, 0.1) is 21.4 Å². The minimum Gasteiger partial charge on any atom is -0.477 e. The zero-order valence-corrected chi connectivity index (χ0v) is 13.9. The van der Waals surface area contributed by atoms with Crippen LogP contribution in [0, 0.1) is 0 Å². The quantitative estimate of drug-likeness (QED) is 0.837. The number of rotatable bonds is 5. The summed E-state index contributed by atoms with van der Waals surface area (Å²) in [5.74, 6) is -3.12. The van der Waals surface area contributed by atoms with Gasteiger partial charge in [0.2, 0.25) is 11.1 Å². The Labute approximate surface area is 146 Å². The zero-order valence-electron chi connectivity index (χ0n) is 12.4. The summed E-state index contributed by atoms with van der Waals surface area (Å²) < 4.78 is 1.11. The Balaban J connectivity index is 2.91. The van der Waals surface area contributed by atoms with Crippen molar-refractivity contribution in [2.45, 2.75) is 19.8 Å². The molecule has 0 aliphatic rings. The largest absolute Gasteiger partial charge is 0.477 e. The van der Waals surface area contributed by atoms with E-state index in [-0.39, 0.29) is 22.2 Å². The maximum Gasteiger partial charge on any atom is 0.360 e. The van der Waals surface area contributed by atoms with E-state index in [0.29, 0.717) is 12.1 Å². The van der Waals surface area contributed by atoms with Crippen molar-refractivity contribution in [1.82, 2.24) is 9.78 Å². The molecule has 0 aliphatic heterocycles. The lowest BCUT2D eigenvalue weighted by Crippen LogP contribution is -2.31. The topological polar surface area (TPSA) is 109 Å². The highest BCUT2D eigenvalue weighted by Gasteiger charge is 2.25. The molecule has 9 heteroatoms. The minimum atomic E-state index is -1.61. The van der Waals surface area contributed by atoms with Crippen LogP contribution in [0.3, 0.4) is 0 Å².